The summed E-state index contributed by atoms with van der Waals surface area (Å²) in [5, 5.41) is 0. The van der Waals surface area contributed by atoms with Crippen LogP contribution in [0.2, 0.25) is 0 Å². The normalized spacial score (nSPS) is 25.0. The summed E-state index contributed by atoms with van der Waals surface area (Å²) in [6.07, 6.45) is 2.70. The zero-order chi connectivity index (χ0) is 16.2. The first-order chi connectivity index (χ1) is 11.1. The van der Waals surface area contributed by atoms with Crippen molar-refractivity contribution >= 4 is 5.96 Å². The molecule has 3 heterocycles. The highest BCUT2D eigenvalue weighted by atomic mass is 16.5. The highest BCUT2D eigenvalue weighted by molar-refractivity contribution is 5.78. The Balaban J connectivity index is 1.69. The number of likely N-dealkylation sites (tertiary alicyclic amines) is 1. The molecule has 2 aliphatic rings. The van der Waals surface area contributed by atoms with Crippen molar-refractivity contribution in [2.75, 3.05) is 39.3 Å². The molecule has 0 aromatic carbocycles. The second-order valence-corrected chi connectivity index (χ2v) is 6.53. The van der Waals surface area contributed by atoms with Gasteiger partial charge in [0.2, 0.25) is 0 Å². The molecule has 2 fully saturated rings. The average molecular weight is 320 g/mol. The van der Waals surface area contributed by atoms with Gasteiger partial charge in [-0.3, -0.25) is 9.89 Å². The van der Waals surface area contributed by atoms with E-state index in [-0.39, 0.29) is 12.1 Å². The largest absolute Gasteiger partial charge is 0.465 e. The monoisotopic (exact) mass is 320 g/mol. The van der Waals surface area contributed by atoms with E-state index in [4.69, 9.17) is 14.9 Å². The number of hydrogen-bond donors (Lipinski definition) is 1. The molecular weight excluding hydrogens is 292 g/mol. The van der Waals surface area contributed by atoms with Crippen molar-refractivity contribution in [3.63, 3.8) is 0 Å². The van der Waals surface area contributed by atoms with Gasteiger partial charge in [-0.25, -0.2) is 0 Å². The number of guanidine groups is 1. The first-order valence-electron chi connectivity index (χ1n) is 8.60. The van der Waals surface area contributed by atoms with Crippen LogP contribution in [0.3, 0.4) is 0 Å². The van der Waals surface area contributed by atoms with Crippen LogP contribution >= 0.6 is 0 Å². The van der Waals surface area contributed by atoms with Crippen LogP contribution in [-0.4, -0.2) is 61.2 Å². The Hall–Kier alpha value is -1.53. The average Bonchev–Trinajstić information content (AvgIpc) is 3.20. The van der Waals surface area contributed by atoms with E-state index in [9.17, 15) is 0 Å². The molecule has 2 aliphatic heterocycles. The predicted octanol–water partition coefficient (Wildman–Crippen LogP) is 1.76. The summed E-state index contributed by atoms with van der Waals surface area (Å²) < 4.78 is 11.4. The van der Waals surface area contributed by atoms with Crippen LogP contribution in [0.1, 0.15) is 37.3 Å². The Morgan fingerprint density at radius 1 is 1.35 bits per heavy atom. The fourth-order valence-corrected chi connectivity index (χ4v) is 3.38. The lowest BCUT2D eigenvalue weighted by Crippen LogP contribution is -2.48. The van der Waals surface area contributed by atoms with E-state index in [1.165, 1.54) is 12.8 Å². The molecule has 1 aromatic rings. The van der Waals surface area contributed by atoms with Crippen LogP contribution in [0.25, 0.3) is 0 Å². The topological polar surface area (TPSA) is 67.2 Å². The summed E-state index contributed by atoms with van der Waals surface area (Å²) in [6, 6.07) is 4.28. The van der Waals surface area contributed by atoms with Gasteiger partial charge in [0.1, 0.15) is 11.5 Å². The molecular formula is C17H28N4O2. The molecule has 6 heteroatoms. The lowest BCUT2D eigenvalue weighted by Gasteiger charge is -2.32. The molecule has 2 N–H and O–H groups in total. The molecule has 0 aliphatic carbocycles. The summed E-state index contributed by atoms with van der Waals surface area (Å²) in [5.41, 5.74) is 6.21. The quantitative estimate of drug-likeness (QED) is 0.676. The summed E-state index contributed by atoms with van der Waals surface area (Å²) in [7, 11) is 0. The number of hydrogen-bond acceptors (Lipinski definition) is 4. The number of ether oxygens (including phenoxy) is 1. The lowest BCUT2D eigenvalue weighted by atomic mass is 10.2. The predicted molar refractivity (Wildman–Crippen MR) is 90.5 cm³/mol. The highest BCUT2D eigenvalue weighted by Gasteiger charge is 2.26. The van der Waals surface area contributed by atoms with Gasteiger partial charge in [-0.05, 0) is 51.9 Å². The van der Waals surface area contributed by atoms with E-state index >= 15 is 0 Å². The van der Waals surface area contributed by atoms with Crippen molar-refractivity contribution in [2.24, 2.45) is 10.7 Å². The van der Waals surface area contributed by atoms with Crippen molar-refractivity contribution in [3.05, 3.63) is 23.7 Å². The number of furan rings is 1. The lowest BCUT2D eigenvalue weighted by molar-refractivity contribution is 0.00524. The van der Waals surface area contributed by atoms with Gasteiger partial charge in [0.15, 0.2) is 5.96 Å². The first-order valence-corrected chi connectivity index (χ1v) is 8.60. The van der Waals surface area contributed by atoms with Crippen molar-refractivity contribution < 1.29 is 9.15 Å². The van der Waals surface area contributed by atoms with Gasteiger partial charge in [0, 0.05) is 13.1 Å². The van der Waals surface area contributed by atoms with Crippen LogP contribution in [0.5, 0.6) is 0 Å². The third-order valence-corrected chi connectivity index (χ3v) is 4.66. The van der Waals surface area contributed by atoms with Crippen LogP contribution < -0.4 is 5.73 Å². The maximum Gasteiger partial charge on any atom is 0.191 e. The summed E-state index contributed by atoms with van der Waals surface area (Å²) >= 11 is 0. The highest BCUT2D eigenvalue weighted by Crippen LogP contribution is 2.27. The van der Waals surface area contributed by atoms with Gasteiger partial charge in [0.05, 0.1) is 25.3 Å². The molecule has 128 valence electrons. The van der Waals surface area contributed by atoms with Crippen molar-refractivity contribution in [1.29, 1.82) is 0 Å². The maximum atomic E-state index is 6.21. The van der Waals surface area contributed by atoms with E-state index in [2.05, 4.69) is 27.8 Å². The van der Waals surface area contributed by atoms with E-state index in [1.807, 2.05) is 13.0 Å². The Labute approximate surface area is 138 Å². The number of morpholine rings is 1. The van der Waals surface area contributed by atoms with Crippen LogP contribution in [0.4, 0.5) is 0 Å². The molecule has 2 saturated heterocycles. The number of aliphatic imine (C=N–C) groups is 1. The van der Waals surface area contributed by atoms with Gasteiger partial charge in [-0.15, -0.1) is 0 Å². The minimum atomic E-state index is 0.184. The molecule has 0 spiro atoms. The van der Waals surface area contributed by atoms with Crippen molar-refractivity contribution in [2.45, 2.75) is 38.8 Å². The Kier molecular flexibility index (Phi) is 5.23. The minimum Gasteiger partial charge on any atom is -0.465 e. The second kappa shape index (κ2) is 7.36. The molecule has 2 unspecified atom stereocenters. The summed E-state index contributed by atoms with van der Waals surface area (Å²) in [4.78, 5) is 9.24. The van der Waals surface area contributed by atoms with Gasteiger partial charge in [-0.2, -0.15) is 0 Å². The molecule has 2 atom stereocenters. The molecule has 0 bridgehead atoms. The first kappa shape index (κ1) is 16.3. The van der Waals surface area contributed by atoms with E-state index in [0.717, 1.165) is 37.7 Å². The molecule has 6 nitrogen and oxygen atoms in total. The number of rotatable bonds is 4. The fourth-order valence-electron chi connectivity index (χ4n) is 3.38. The van der Waals surface area contributed by atoms with E-state index in [0.29, 0.717) is 19.1 Å². The summed E-state index contributed by atoms with van der Waals surface area (Å²) in [5.74, 6) is 2.56. The van der Waals surface area contributed by atoms with Gasteiger partial charge in [0.25, 0.3) is 0 Å². The number of nitrogens with zero attached hydrogens (tertiary/aromatic N) is 3. The number of nitrogens with two attached hydrogens (primary N) is 1. The zero-order valence-corrected chi connectivity index (χ0v) is 14.2. The van der Waals surface area contributed by atoms with Crippen LogP contribution in [0.15, 0.2) is 21.5 Å². The Morgan fingerprint density at radius 2 is 2.13 bits per heavy atom. The maximum absolute atomic E-state index is 6.21. The van der Waals surface area contributed by atoms with Crippen molar-refractivity contribution in [3.8, 4) is 0 Å². The van der Waals surface area contributed by atoms with E-state index in [1.54, 1.807) is 0 Å². The van der Waals surface area contributed by atoms with E-state index < -0.39 is 0 Å². The fraction of sp³-hybridized carbons (Fsp3) is 0.706. The zero-order valence-electron chi connectivity index (χ0n) is 14.2. The Morgan fingerprint density at radius 3 is 2.78 bits per heavy atom. The van der Waals surface area contributed by atoms with Crippen molar-refractivity contribution in [1.82, 2.24) is 9.80 Å². The minimum absolute atomic E-state index is 0.184. The standard InChI is InChI=1S/C17H28N4O2/c1-13-5-6-16(23-13)15(20-7-3-4-8-20)11-19-17(18)21-9-10-22-14(2)12-21/h5-6,14-15H,3-4,7-12H2,1-2H3,(H2,18,19). The molecule has 0 amide bonds. The summed E-state index contributed by atoms with van der Waals surface area (Å²) in [6.45, 7) is 9.24. The SMILES string of the molecule is Cc1ccc(C(CN=C(N)N2CCOC(C)C2)N2CCCC2)o1. The molecule has 23 heavy (non-hydrogen) atoms. The van der Waals surface area contributed by atoms with Gasteiger partial charge < -0.3 is 19.8 Å². The van der Waals surface area contributed by atoms with Gasteiger partial charge >= 0.3 is 0 Å². The molecule has 0 radical (unpaired) electrons. The van der Waals surface area contributed by atoms with Gasteiger partial charge in [-0.1, -0.05) is 0 Å². The smallest absolute Gasteiger partial charge is 0.191 e. The molecule has 0 saturated carbocycles. The number of aryl methyl sites for hydroxylation is 1. The third kappa shape index (κ3) is 4.06. The van der Waals surface area contributed by atoms with Crippen LogP contribution in [0, 0.1) is 6.92 Å². The second-order valence-electron chi connectivity index (χ2n) is 6.53. The third-order valence-electron chi connectivity index (χ3n) is 4.66. The van der Waals surface area contributed by atoms with Crippen LogP contribution in [-0.2, 0) is 4.74 Å². The Bertz CT molecular complexity index is 536. The molecule has 1 aromatic heterocycles. The molecule has 3 rings (SSSR count).